The first-order valence-corrected chi connectivity index (χ1v) is 6.95. The average molecular weight is 300 g/mol. The van der Waals surface area contributed by atoms with Gasteiger partial charge < -0.3 is 10.8 Å². The number of carbonyl (C=O) groups excluding carboxylic acids is 1. The van der Waals surface area contributed by atoms with Crippen molar-refractivity contribution in [1.82, 2.24) is 0 Å². The second kappa shape index (κ2) is 7.36. The van der Waals surface area contributed by atoms with Crippen molar-refractivity contribution < 1.29 is 14.3 Å². The van der Waals surface area contributed by atoms with E-state index in [-0.39, 0.29) is 18.1 Å². The number of rotatable bonds is 6. The molecule has 0 fully saturated rings. The van der Waals surface area contributed by atoms with Crippen LogP contribution in [-0.4, -0.2) is 23.3 Å². The van der Waals surface area contributed by atoms with E-state index < -0.39 is 5.82 Å². The zero-order chi connectivity index (χ0) is 15.9. The molecule has 0 heterocycles. The maximum atomic E-state index is 13.5. The van der Waals surface area contributed by atoms with Crippen molar-refractivity contribution in [3.8, 4) is 5.75 Å². The minimum absolute atomic E-state index is 0.0427. The second-order valence-corrected chi connectivity index (χ2v) is 4.83. The average Bonchev–Trinajstić information content (AvgIpc) is 2.51. The van der Waals surface area contributed by atoms with E-state index in [1.807, 2.05) is 30.3 Å². The number of nitrogens with zero attached hydrogens (tertiary/aromatic N) is 1. The first-order valence-electron chi connectivity index (χ1n) is 6.95. The third-order valence-corrected chi connectivity index (χ3v) is 3.11. The first kappa shape index (κ1) is 15.7. The Labute approximate surface area is 128 Å². The molecule has 0 unspecified atom stereocenters. The number of amides is 1. The molecule has 2 aromatic carbocycles. The van der Waals surface area contributed by atoms with E-state index in [9.17, 15) is 14.3 Å². The van der Waals surface area contributed by atoms with Crippen molar-refractivity contribution in [2.75, 3.05) is 6.54 Å². The number of benzene rings is 2. The molecule has 0 radical (unpaired) electrons. The van der Waals surface area contributed by atoms with Crippen molar-refractivity contribution in [3.05, 3.63) is 65.5 Å². The number of aromatic hydroxyl groups is 1. The van der Waals surface area contributed by atoms with Gasteiger partial charge in [-0.3, -0.25) is 9.79 Å². The maximum Gasteiger partial charge on any atom is 0.217 e. The topological polar surface area (TPSA) is 75.7 Å². The minimum Gasteiger partial charge on any atom is -0.507 e. The van der Waals surface area contributed by atoms with Crippen LogP contribution in [0.3, 0.4) is 0 Å². The summed E-state index contributed by atoms with van der Waals surface area (Å²) in [6, 6.07) is 12.9. The van der Waals surface area contributed by atoms with Crippen molar-refractivity contribution in [2.45, 2.75) is 12.8 Å². The molecule has 1 amide bonds. The van der Waals surface area contributed by atoms with E-state index in [0.717, 1.165) is 5.56 Å². The summed E-state index contributed by atoms with van der Waals surface area (Å²) in [5.74, 6) is -0.877. The molecule has 0 aliphatic rings. The third kappa shape index (κ3) is 4.15. The predicted octanol–water partition coefficient (Wildman–Crippen LogP) is 2.63. The van der Waals surface area contributed by atoms with Gasteiger partial charge in [0.25, 0.3) is 0 Å². The molecule has 5 heteroatoms. The fourth-order valence-electron chi connectivity index (χ4n) is 2.07. The lowest BCUT2D eigenvalue weighted by Crippen LogP contribution is -2.11. The molecule has 0 atom stereocenters. The molecular formula is C17H17FN2O2. The molecule has 2 rings (SSSR count). The van der Waals surface area contributed by atoms with Gasteiger partial charge in [0.05, 0.1) is 5.71 Å². The third-order valence-electron chi connectivity index (χ3n) is 3.11. The highest BCUT2D eigenvalue weighted by molar-refractivity contribution is 6.14. The molecule has 0 saturated carbocycles. The van der Waals surface area contributed by atoms with Crippen LogP contribution in [0.25, 0.3) is 0 Å². The predicted molar refractivity (Wildman–Crippen MR) is 83.4 cm³/mol. The molecule has 0 spiro atoms. The van der Waals surface area contributed by atoms with E-state index in [2.05, 4.69) is 4.99 Å². The van der Waals surface area contributed by atoms with E-state index in [0.29, 0.717) is 24.2 Å². The Hall–Kier alpha value is -2.69. The second-order valence-electron chi connectivity index (χ2n) is 4.83. The molecule has 0 bridgehead atoms. The number of hydrogen-bond donors (Lipinski definition) is 2. The molecule has 2 aromatic rings. The Morgan fingerprint density at radius 1 is 1.18 bits per heavy atom. The number of nitrogens with two attached hydrogens (primary N) is 1. The zero-order valence-corrected chi connectivity index (χ0v) is 12.0. The smallest absolute Gasteiger partial charge is 0.217 e. The zero-order valence-electron chi connectivity index (χ0n) is 12.0. The van der Waals surface area contributed by atoms with Gasteiger partial charge in [0.1, 0.15) is 11.6 Å². The van der Waals surface area contributed by atoms with Gasteiger partial charge in [0.2, 0.25) is 5.91 Å². The number of phenols is 1. The van der Waals surface area contributed by atoms with Crippen molar-refractivity contribution in [3.63, 3.8) is 0 Å². The Bertz CT molecular complexity index is 684. The van der Waals surface area contributed by atoms with E-state index >= 15 is 0 Å². The van der Waals surface area contributed by atoms with E-state index in [4.69, 9.17) is 5.73 Å². The van der Waals surface area contributed by atoms with Crippen LogP contribution in [0.5, 0.6) is 5.75 Å². The highest BCUT2D eigenvalue weighted by Gasteiger charge is 2.12. The number of primary amides is 1. The van der Waals surface area contributed by atoms with Gasteiger partial charge in [-0.25, -0.2) is 4.39 Å². The molecule has 0 saturated heterocycles. The summed E-state index contributed by atoms with van der Waals surface area (Å²) < 4.78 is 13.5. The molecule has 3 N–H and O–H groups in total. The summed E-state index contributed by atoms with van der Waals surface area (Å²) in [6.45, 7) is 0.364. The highest BCUT2D eigenvalue weighted by Crippen LogP contribution is 2.22. The molecular weight excluding hydrogens is 283 g/mol. The largest absolute Gasteiger partial charge is 0.507 e. The monoisotopic (exact) mass is 300 g/mol. The van der Waals surface area contributed by atoms with Crippen LogP contribution >= 0.6 is 0 Å². The highest BCUT2D eigenvalue weighted by atomic mass is 19.1. The van der Waals surface area contributed by atoms with Crippen LogP contribution in [0.4, 0.5) is 4.39 Å². The minimum atomic E-state index is -0.450. The van der Waals surface area contributed by atoms with Gasteiger partial charge >= 0.3 is 0 Å². The van der Waals surface area contributed by atoms with Gasteiger partial charge in [-0.05, 0) is 24.6 Å². The fraction of sp³-hybridized carbons (Fsp3) is 0.176. The normalized spacial score (nSPS) is 11.4. The van der Waals surface area contributed by atoms with Crippen molar-refractivity contribution in [1.29, 1.82) is 0 Å². The molecule has 22 heavy (non-hydrogen) atoms. The lowest BCUT2D eigenvalue weighted by atomic mass is 10.0. The Balaban J connectivity index is 2.35. The van der Waals surface area contributed by atoms with Gasteiger partial charge in [-0.15, -0.1) is 0 Å². The molecule has 114 valence electrons. The van der Waals surface area contributed by atoms with Gasteiger partial charge in [0.15, 0.2) is 0 Å². The summed E-state index contributed by atoms with van der Waals surface area (Å²) in [7, 11) is 0. The SMILES string of the molecule is NC(=O)CCCN=C(c1ccccc1)c1cc(F)ccc1O. The van der Waals surface area contributed by atoms with Crippen LogP contribution in [-0.2, 0) is 4.79 Å². The van der Waals surface area contributed by atoms with E-state index in [1.54, 1.807) is 0 Å². The van der Waals surface area contributed by atoms with Crippen LogP contribution in [0, 0.1) is 5.82 Å². The molecule has 0 aliphatic heterocycles. The van der Waals surface area contributed by atoms with Crippen LogP contribution in [0.2, 0.25) is 0 Å². The van der Waals surface area contributed by atoms with Gasteiger partial charge in [-0.1, -0.05) is 30.3 Å². The van der Waals surface area contributed by atoms with Crippen LogP contribution < -0.4 is 5.73 Å². The number of carbonyl (C=O) groups is 1. The van der Waals surface area contributed by atoms with Crippen molar-refractivity contribution >= 4 is 11.6 Å². The Morgan fingerprint density at radius 3 is 2.59 bits per heavy atom. The Kier molecular flexibility index (Phi) is 5.25. The summed E-state index contributed by atoms with van der Waals surface area (Å²) in [6.07, 6.45) is 0.739. The number of halogens is 1. The van der Waals surface area contributed by atoms with Gasteiger partial charge in [0, 0.05) is 24.1 Å². The molecule has 4 nitrogen and oxygen atoms in total. The lowest BCUT2D eigenvalue weighted by Gasteiger charge is -2.10. The van der Waals surface area contributed by atoms with Gasteiger partial charge in [-0.2, -0.15) is 0 Å². The molecule has 0 aliphatic carbocycles. The number of hydrogen-bond acceptors (Lipinski definition) is 3. The summed E-state index contributed by atoms with van der Waals surface area (Å²) in [4.78, 5) is 15.2. The van der Waals surface area contributed by atoms with Crippen molar-refractivity contribution in [2.24, 2.45) is 10.7 Å². The fourth-order valence-corrected chi connectivity index (χ4v) is 2.07. The molecule has 0 aromatic heterocycles. The standard InChI is InChI=1S/C17H17FN2O2/c18-13-8-9-15(21)14(11-13)17(12-5-2-1-3-6-12)20-10-4-7-16(19)22/h1-3,5-6,8-9,11,21H,4,7,10H2,(H2,19,22). The van der Waals surface area contributed by atoms with E-state index in [1.165, 1.54) is 18.2 Å². The lowest BCUT2D eigenvalue weighted by molar-refractivity contribution is -0.118. The van der Waals surface area contributed by atoms with Crippen LogP contribution in [0.15, 0.2) is 53.5 Å². The summed E-state index contributed by atoms with van der Waals surface area (Å²) >= 11 is 0. The van der Waals surface area contributed by atoms with Crippen LogP contribution in [0.1, 0.15) is 24.0 Å². The summed E-state index contributed by atoms with van der Waals surface area (Å²) in [5, 5.41) is 9.99. The first-order chi connectivity index (χ1) is 10.6. The quantitative estimate of drug-likeness (QED) is 0.635. The summed E-state index contributed by atoms with van der Waals surface area (Å²) in [5.41, 5.74) is 6.68. The number of aliphatic imine (C=N–C) groups is 1. The Morgan fingerprint density at radius 2 is 1.91 bits per heavy atom. The number of phenolic OH excluding ortho intramolecular Hbond substituents is 1. The maximum absolute atomic E-state index is 13.5.